The van der Waals surface area contributed by atoms with Gasteiger partial charge in [0.15, 0.2) is 0 Å². The minimum Gasteiger partial charge on any atom is -0.386 e. The van der Waals surface area contributed by atoms with Crippen LogP contribution in [0.1, 0.15) is 20.7 Å². The van der Waals surface area contributed by atoms with Gasteiger partial charge in [-0.3, -0.25) is 0 Å². The third kappa shape index (κ3) is 1.00. The second-order valence-corrected chi connectivity index (χ2v) is 2.67. The molecule has 0 N–H and O–H groups in total. The first-order chi connectivity index (χ1) is 6.11. The Morgan fingerprint density at radius 2 is 1.31 bits per heavy atom. The quantitative estimate of drug-likeness (QED) is 0.271. The van der Waals surface area contributed by atoms with E-state index in [9.17, 15) is 9.59 Å². The van der Waals surface area contributed by atoms with Crippen LogP contribution in [0.5, 0.6) is 0 Å². The highest BCUT2D eigenvalue weighted by molar-refractivity contribution is 6.44. The number of cyclic esters (lactones) is 2. The number of benzene rings is 1. The smallest absolute Gasteiger partial charge is 0.346 e. The molecule has 1 aromatic carbocycles. The summed E-state index contributed by atoms with van der Waals surface area (Å²) in [5.74, 6) is -1.46. The van der Waals surface area contributed by atoms with Gasteiger partial charge in [-0.2, -0.15) is 0 Å². The second kappa shape index (κ2) is 2.49. The van der Waals surface area contributed by atoms with Crippen LogP contribution in [0.2, 0.25) is 0 Å². The molecule has 0 spiro atoms. The molecule has 1 heterocycles. The van der Waals surface area contributed by atoms with Crippen molar-refractivity contribution in [2.45, 2.75) is 0 Å². The van der Waals surface area contributed by atoms with Crippen molar-refractivity contribution in [2.75, 3.05) is 0 Å². The fourth-order valence-corrected chi connectivity index (χ4v) is 1.26. The molecule has 4 radical (unpaired) electrons. The van der Waals surface area contributed by atoms with Gasteiger partial charge >= 0.3 is 11.9 Å². The van der Waals surface area contributed by atoms with Crippen LogP contribution in [0.15, 0.2) is 12.1 Å². The molecule has 0 aromatic heterocycles. The summed E-state index contributed by atoms with van der Waals surface area (Å²) in [6.45, 7) is 0. The lowest BCUT2D eigenvalue weighted by atomic mass is 9.81. The van der Waals surface area contributed by atoms with Gasteiger partial charge in [0.25, 0.3) is 0 Å². The van der Waals surface area contributed by atoms with Gasteiger partial charge in [0.05, 0.1) is 11.1 Å². The van der Waals surface area contributed by atoms with Crippen molar-refractivity contribution in [1.82, 2.24) is 0 Å². The largest absolute Gasteiger partial charge is 0.386 e. The molecule has 13 heavy (non-hydrogen) atoms. The maximum Gasteiger partial charge on any atom is 0.346 e. The number of rotatable bonds is 0. The number of carbonyl (C=O) groups is 2. The molecule has 5 heteroatoms. The van der Waals surface area contributed by atoms with Crippen molar-refractivity contribution < 1.29 is 14.3 Å². The van der Waals surface area contributed by atoms with Crippen molar-refractivity contribution in [1.29, 1.82) is 0 Å². The number of esters is 2. The van der Waals surface area contributed by atoms with Gasteiger partial charge in [-0.1, -0.05) is 23.1 Å². The fraction of sp³-hybridized carbons (Fsp3) is 0. The summed E-state index contributed by atoms with van der Waals surface area (Å²) >= 11 is 0. The third-order valence-corrected chi connectivity index (χ3v) is 1.86. The number of hydrogen-bond acceptors (Lipinski definition) is 3. The van der Waals surface area contributed by atoms with Crippen LogP contribution in [0, 0.1) is 0 Å². The zero-order valence-corrected chi connectivity index (χ0v) is 6.53. The maximum atomic E-state index is 11.1. The highest BCUT2D eigenvalue weighted by Crippen LogP contribution is 2.14. The van der Waals surface area contributed by atoms with E-state index in [1.807, 2.05) is 0 Å². The van der Waals surface area contributed by atoms with E-state index < -0.39 is 11.9 Å². The average Bonchev–Trinajstić information content (AvgIpc) is 2.36. The van der Waals surface area contributed by atoms with Gasteiger partial charge in [0, 0.05) is 0 Å². The molecule has 0 bridgehead atoms. The van der Waals surface area contributed by atoms with Crippen molar-refractivity contribution in [3.63, 3.8) is 0 Å². The predicted octanol–water partition coefficient (Wildman–Crippen LogP) is -1.42. The summed E-state index contributed by atoms with van der Waals surface area (Å²) in [6.07, 6.45) is 0. The summed E-state index contributed by atoms with van der Waals surface area (Å²) < 4.78 is 4.36. The number of ether oxygens (including phenoxy) is 1. The standard InChI is InChI=1S/C8H2B2O3/c9-3-1-2-4(10)6-5(3)7(11)13-8(6)12/h1-2H. The van der Waals surface area contributed by atoms with Gasteiger partial charge in [0.2, 0.25) is 0 Å². The molecule has 0 unspecified atom stereocenters. The third-order valence-electron chi connectivity index (χ3n) is 1.86. The predicted molar refractivity (Wildman–Crippen MR) is 47.0 cm³/mol. The Kier molecular flexibility index (Phi) is 1.55. The topological polar surface area (TPSA) is 43.4 Å². The van der Waals surface area contributed by atoms with Gasteiger partial charge in [-0.15, -0.1) is 0 Å². The Balaban J connectivity index is 2.81. The van der Waals surface area contributed by atoms with E-state index in [-0.39, 0.29) is 22.1 Å². The molecule has 0 amide bonds. The van der Waals surface area contributed by atoms with Gasteiger partial charge < -0.3 is 4.74 Å². The zero-order chi connectivity index (χ0) is 9.59. The molecule has 0 saturated carbocycles. The highest BCUT2D eigenvalue weighted by Gasteiger charge is 2.31. The van der Waals surface area contributed by atoms with E-state index in [4.69, 9.17) is 15.7 Å². The Morgan fingerprint density at radius 1 is 0.923 bits per heavy atom. The van der Waals surface area contributed by atoms with Crippen molar-refractivity contribution in [2.24, 2.45) is 0 Å². The van der Waals surface area contributed by atoms with E-state index in [0.29, 0.717) is 0 Å². The van der Waals surface area contributed by atoms with E-state index in [0.717, 1.165) is 0 Å². The molecule has 1 aliphatic rings. The molecule has 1 aromatic rings. The van der Waals surface area contributed by atoms with E-state index in [1.165, 1.54) is 12.1 Å². The van der Waals surface area contributed by atoms with Crippen molar-refractivity contribution >= 4 is 38.6 Å². The lowest BCUT2D eigenvalue weighted by Gasteiger charge is -2.01. The van der Waals surface area contributed by atoms with Crippen LogP contribution >= 0.6 is 0 Å². The SMILES string of the molecule is [B]c1ccc([B])c2c1C(=O)OC2=O. The normalized spacial score (nSPS) is 14.2. The van der Waals surface area contributed by atoms with E-state index >= 15 is 0 Å². The van der Waals surface area contributed by atoms with Crippen LogP contribution < -0.4 is 10.9 Å². The molecule has 0 aliphatic carbocycles. The Labute approximate surface area is 76.9 Å². The first-order valence-corrected chi connectivity index (χ1v) is 3.55. The monoisotopic (exact) mass is 168 g/mol. The Hall–Kier alpha value is -1.51. The Bertz CT molecular complexity index is 387. The molecule has 0 saturated heterocycles. The van der Waals surface area contributed by atoms with Gasteiger partial charge in [-0.25, -0.2) is 9.59 Å². The Morgan fingerprint density at radius 3 is 1.69 bits per heavy atom. The molecule has 0 atom stereocenters. The molecular formula is C8H2B2O3. The summed E-state index contributed by atoms with van der Waals surface area (Å²) in [7, 11) is 11.0. The van der Waals surface area contributed by atoms with Gasteiger partial charge in [0.1, 0.15) is 15.7 Å². The second-order valence-electron chi connectivity index (χ2n) is 2.67. The van der Waals surface area contributed by atoms with E-state index in [2.05, 4.69) is 4.74 Å². The van der Waals surface area contributed by atoms with Crippen molar-refractivity contribution in [3.8, 4) is 0 Å². The van der Waals surface area contributed by atoms with E-state index in [1.54, 1.807) is 0 Å². The lowest BCUT2D eigenvalue weighted by molar-refractivity contribution is 0.0445. The molecular weight excluding hydrogens is 166 g/mol. The molecule has 3 nitrogen and oxygen atoms in total. The van der Waals surface area contributed by atoms with Crippen LogP contribution in [0.25, 0.3) is 0 Å². The summed E-state index contributed by atoms with van der Waals surface area (Å²) in [6, 6.07) is 2.93. The lowest BCUT2D eigenvalue weighted by Crippen LogP contribution is -2.21. The molecule has 58 valence electrons. The summed E-state index contributed by atoms with van der Waals surface area (Å²) in [5.41, 5.74) is 0.565. The summed E-state index contributed by atoms with van der Waals surface area (Å²) in [5, 5.41) is 0. The number of fused-ring (bicyclic) bond motifs is 1. The number of hydrogen-bond donors (Lipinski definition) is 0. The minimum atomic E-state index is -0.732. The summed E-state index contributed by atoms with van der Waals surface area (Å²) in [4.78, 5) is 22.1. The van der Waals surface area contributed by atoms with Crippen molar-refractivity contribution in [3.05, 3.63) is 23.3 Å². The maximum absolute atomic E-state index is 11.1. The average molecular weight is 168 g/mol. The molecule has 1 aliphatic heterocycles. The molecule has 0 fully saturated rings. The first kappa shape index (κ1) is 8.10. The zero-order valence-electron chi connectivity index (χ0n) is 6.53. The van der Waals surface area contributed by atoms with Crippen LogP contribution in [0.3, 0.4) is 0 Å². The van der Waals surface area contributed by atoms with Gasteiger partial charge in [-0.05, 0) is 0 Å². The van der Waals surface area contributed by atoms with Crippen LogP contribution in [-0.4, -0.2) is 27.6 Å². The van der Waals surface area contributed by atoms with Crippen LogP contribution in [-0.2, 0) is 4.74 Å². The molecule has 2 rings (SSSR count). The minimum absolute atomic E-state index is 0.0741. The van der Waals surface area contributed by atoms with Crippen LogP contribution in [0.4, 0.5) is 0 Å². The highest BCUT2D eigenvalue weighted by atomic mass is 16.6. The number of carbonyl (C=O) groups excluding carboxylic acids is 2. The fourth-order valence-electron chi connectivity index (χ4n) is 1.26. The first-order valence-electron chi connectivity index (χ1n) is 3.55.